The van der Waals surface area contributed by atoms with Gasteiger partial charge in [-0.15, -0.1) is 0 Å². The number of hydrogen-bond donors (Lipinski definition) is 2. The van der Waals surface area contributed by atoms with Crippen molar-refractivity contribution >= 4 is 40.8 Å². The molecule has 1 saturated heterocycles. The zero-order valence-corrected chi connectivity index (χ0v) is 15.0. The average Bonchev–Trinajstić information content (AvgIpc) is 3.11. The van der Waals surface area contributed by atoms with Gasteiger partial charge in [-0.2, -0.15) is 4.98 Å². The molecule has 2 aromatic rings. The van der Waals surface area contributed by atoms with E-state index in [1.165, 1.54) is 0 Å². The van der Waals surface area contributed by atoms with E-state index in [0.717, 1.165) is 25.9 Å². The summed E-state index contributed by atoms with van der Waals surface area (Å²) in [5, 5.41) is 6.18. The minimum atomic E-state index is -0.358. The van der Waals surface area contributed by atoms with Crippen LogP contribution in [0.5, 0.6) is 0 Å². The Kier molecular flexibility index (Phi) is 5.23. The number of halogens is 1. The third-order valence-corrected chi connectivity index (χ3v) is 4.17. The highest BCUT2D eigenvalue weighted by atomic mass is 35.5. The SMILES string of the molecule is CN(C)c1nc(N2CCCC2)ncc1NC(=O)Nc1ccc(Cl)cc1. The molecular weight excluding hydrogens is 340 g/mol. The van der Waals surface area contributed by atoms with E-state index in [0.29, 0.717) is 28.2 Å². The van der Waals surface area contributed by atoms with Gasteiger partial charge in [-0.1, -0.05) is 11.6 Å². The molecule has 0 radical (unpaired) electrons. The summed E-state index contributed by atoms with van der Waals surface area (Å²) in [4.78, 5) is 25.3. The number of rotatable bonds is 4. The zero-order chi connectivity index (χ0) is 17.8. The van der Waals surface area contributed by atoms with Gasteiger partial charge in [0.05, 0.1) is 6.20 Å². The number of urea groups is 1. The van der Waals surface area contributed by atoms with Gasteiger partial charge in [-0.3, -0.25) is 0 Å². The van der Waals surface area contributed by atoms with Gasteiger partial charge in [0.1, 0.15) is 5.69 Å². The maximum atomic E-state index is 12.2. The van der Waals surface area contributed by atoms with Crippen molar-refractivity contribution in [2.24, 2.45) is 0 Å². The molecule has 0 saturated carbocycles. The highest BCUT2D eigenvalue weighted by Gasteiger charge is 2.18. The molecule has 0 unspecified atom stereocenters. The van der Waals surface area contributed by atoms with Crippen LogP contribution in [0.2, 0.25) is 5.02 Å². The Bertz CT molecular complexity index is 743. The van der Waals surface area contributed by atoms with Crippen molar-refractivity contribution in [3.8, 4) is 0 Å². The minimum Gasteiger partial charge on any atom is -0.361 e. The van der Waals surface area contributed by atoms with E-state index in [1.54, 1.807) is 30.5 Å². The molecule has 2 N–H and O–H groups in total. The van der Waals surface area contributed by atoms with Crippen LogP contribution in [0.15, 0.2) is 30.5 Å². The summed E-state index contributed by atoms with van der Waals surface area (Å²) in [5.74, 6) is 1.37. The van der Waals surface area contributed by atoms with E-state index >= 15 is 0 Å². The van der Waals surface area contributed by atoms with Crippen molar-refractivity contribution in [2.75, 3.05) is 47.6 Å². The van der Waals surface area contributed by atoms with Crippen molar-refractivity contribution in [2.45, 2.75) is 12.8 Å². The predicted molar refractivity (Wildman–Crippen MR) is 102 cm³/mol. The second-order valence-electron chi connectivity index (χ2n) is 6.08. The van der Waals surface area contributed by atoms with Gasteiger partial charge >= 0.3 is 6.03 Å². The summed E-state index contributed by atoms with van der Waals surface area (Å²) in [6, 6.07) is 6.55. The Labute approximate surface area is 152 Å². The Morgan fingerprint density at radius 1 is 1.16 bits per heavy atom. The molecule has 0 spiro atoms. The van der Waals surface area contributed by atoms with E-state index in [1.807, 2.05) is 19.0 Å². The van der Waals surface area contributed by atoms with Gasteiger partial charge in [-0.25, -0.2) is 9.78 Å². The molecule has 8 heteroatoms. The number of benzene rings is 1. The zero-order valence-electron chi connectivity index (χ0n) is 14.3. The van der Waals surface area contributed by atoms with E-state index in [9.17, 15) is 4.79 Å². The topological polar surface area (TPSA) is 73.4 Å². The largest absolute Gasteiger partial charge is 0.361 e. The molecule has 1 aliphatic rings. The third-order valence-electron chi connectivity index (χ3n) is 3.92. The molecular formula is C17H21ClN6O. The van der Waals surface area contributed by atoms with Crippen molar-refractivity contribution in [3.05, 3.63) is 35.5 Å². The van der Waals surface area contributed by atoms with Gasteiger partial charge in [0.2, 0.25) is 5.95 Å². The number of aromatic nitrogens is 2. The van der Waals surface area contributed by atoms with Crippen molar-refractivity contribution in [1.29, 1.82) is 0 Å². The number of carbonyl (C=O) groups is 1. The summed E-state index contributed by atoms with van der Waals surface area (Å²) in [6.45, 7) is 1.94. The molecule has 1 aliphatic heterocycles. The van der Waals surface area contributed by atoms with Gasteiger partial charge in [0.25, 0.3) is 0 Å². The van der Waals surface area contributed by atoms with E-state index in [4.69, 9.17) is 11.6 Å². The van der Waals surface area contributed by atoms with Crippen LogP contribution in [-0.2, 0) is 0 Å². The van der Waals surface area contributed by atoms with Crippen molar-refractivity contribution < 1.29 is 4.79 Å². The fourth-order valence-corrected chi connectivity index (χ4v) is 2.81. The van der Waals surface area contributed by atoms with Gasteiger partial charge in [-0.05, 0) is 37.1 Å². The first-order valence-electron chi connectivity index (χ1n) is 8.16. The molecule has 1 aromatic carbocycles. The molecule has 132 valence electrons. The van der Waals surface area contributed by atoms with Gasteiger partial charge in [0, 0.05) is 37.9 Å². The Hall–Kier alpha value is -2.54. The minimum absolute atomic E-state index is 0.358. The van der Waals surface area contributed by atoms with Gasteiger partial charge < -0.3 is 20.4 Å². The normalized spacial score (nSPS) is 13.6. The highest BCUT2D eigenvalue weighted by molar-refractivity contribution is 6.30. The number of hydrogen-bond acceptors (Lipinski definition) is 5. The monoisotopic (exact) mass is 360 g/mol. The van der Waals surface area contributed by atoms with Crippen LogP contribution in [-0.4, -0.2) is 43.2 Å². The highest BCUT2D eigenvalue weighted by Crippen LogP contribution is 2.25. The fourth-order valence-electron chi connectivity index (χ4n) is 2.68. The second-order valence-corrected chi connectivity index (χ2v) is 6.52. The maximum Gasteiger partial charge on any atom is 0.323 e. The summed E-state index contributed by atoms with van der Waals surface area (Å²) < 4.78 is 0. The van der Waals surface area contributed by atoms with E-state index < -0.39 is 0 Å². The summed E-state index contributed by atoms with van der Waals surface area (Å²) in [7, 11) is 3.77. The van der Waals surface area contributed by atoms with Crippen molar-refractivity contribution in [3.63, 3.8) is 0 Å². The Morgan fingerprint density at radius 3 is 2.48 bits per heavy atom. The first kappa shape index (κ1) is 17.3. The first-order valence-corrected chi connectivity index (χ1v) is 8.53. The smallest absolute Gasteiger partial charge is 0.323 e. The van der Waals surface area contributed by atoms with Crippen LogP contribution in [0.3, 0.4) is 0 Å². The molecule has 25 heavy (non-hydrogen) atoms. The predicted octanol–water partition coefficient (Wildman–Crippen LogP) is 3.44. The average molecular weight is 361 g/mol. The van der Waals surface area contributed by atoms with Crippen LogP contribution in [0.25, 0.3) is 0 Å². The second kappa shape index (κ2) is 7.57. The molecule has 1 aromatic heterocycles. The molecule has 0 aliphatic carbocycles. The molecule has 2 heterocycles. The van der Waals surface area contributed by atoms with E-state index in [-0.39, 0.29) is 6.03 Å². The van der Waals surface area contributed by atoms with E-state index in [2.05, 4.69) is 25.5 Å². The Morgan fingerprint density at radius 2 is 1.84 bits per heavy atom. The molecule has 2 amide bonds. The quantitative estimate of drug-likeness (QED) is 0.873. The Balaban J connectivity index is 1.74. The number of amides is 2. The molecule has 1 fully saturated rings. The fraction of sp³-hybridized carbons (Fsp3) is 0.353. The number of nitrogens with zero attached hydrogens (tertiary/aromatic N) is 4. The van der Waals surface area contributed by atoms with Crippen molar-refractivity contribution in [1.82, 2.24) is 9.97 Å². The summed E-state index contributed by atoms with van der Waals surface area (Å²) >= 11 is 5.85. The number of carbonyl (C=O) groups excluding carboxylic acids is 1. The van der Waals surface area contributed by atoms with Crippen LogP contribution in [0.4, 0.5) is 27.9 Å². The molecule has 0 bridgehead atoms. The summed E-state index contributed by atoms with van der Waals surface area (Å²) in [6.07, 6.45) is 3.96. The lowest BCUT2D eigenvalue weighted by Gasteiger charge is -2.21. The molecule has 7 nitrogen and oxygen atoms in total. The third kappa shape index (κ3) is 4.30. The standard InChI is InChI=1S/C17H21ClN6O/c1-23(2)15-14(11-19-16(22-15)24-9-3-4-10-24)21-17(25)20-13-7-5-12(18)6-8-13/h5-8,11H,3-4,9-10H2,1-2H3,(H2,20,21,25). The number of anilines is 4. The van der Waals surface area contributed by atoms with Crippen LogP contribution < -0.4 is 20.4 Å². The lowest BCUT2D eigenvalue weighted by Crippen LogP contribution is -2.25. The lowest BCUT2D eigenvalue weighted by atomic mass is 10.3. The van der Waals surface area contributed by atoms with Crippen LogP contribution in [0.1, 0.15) is 12.8 Å². The van der Waals surface area contributed by atoms with Crippen LogP contribution >= 0.6 is 11.6 Å². The first-order chi connectivity index (χ1) is 12.0. The lowest BCUT2D eigenvalue weighted by molar-refractivity contribution is 0.262. The number of nitrogens with one attached hydrogen (secondary N) is 2. The summed E-state index contributed by atoms with van der Waals surface area (Å²) in [5.41, 5.74) is 1.21. The molecule has 3 rings (SSSR count). The maximum absolute atomic E-state index is 12.2. The molecule has 0 atom stereocenters. The van der Waals surface area contributed by atoms with Gasteiger partial charge in [0.15, 0.2) is 5.82 Å². The van der Waals surface area contributed by atoms with Crippen LogP contribution in [0, 0.1) is 0 Å².